The average molecular weight is 378 g/mol. The van der Waals surface area contributed by atoms with E-state index in [-0.39, 0.29) is 28.4 Å². The first-order valence-corrected chi connectivity index (χ1v) is 8.83. The second-order valence-electron chi connectivity index (χ2n) is 5.92. The zero-order valence-electron chi connectivity index (χ0n) is 13.4. The van der Waals surface area contributed by atoms with Gasteiger partial charge in [-0.15, -0.1) is 0 Å². The minimum absolute atomic E-state index is 0.134. The van der Waals surface area contributed by atoms with Crippen molar-refractivity contribution in [1.29, 1.82) is 0 Å². The van der Waals surface area contributed by atoms with E-state index in [1.54, 1.807) is 36.4 Å². The Morgan fingerprint density at radius 1 is 0.960 bits per heavy atom. The van der Waals surface area contributed by atoms with Crippen LogP contribution in [0.25, 0.3) is 0 Å². The molecule has 1 aromatic heterocycles. The van der Waals surface area contributed by atoms with Crippen LogP contribution in [0.4, 0.5) is 5.69 Å². The maximum absolute atomic E-state index is 12.4. The molecule has 0 radical (unpaired) electrons. The number of carbonyl (C=O) groups is 2. The van der Waals surface area contributed by atoms with Crippen molar-refractivity contribution >= 4 is 40.7 Å². The van der Waals surface area contributed by atoms with E-state index in [4.69, 9.17) is 23.2 Å². The lowest BCUT2D eigenvalue weighted by Crippen LogP contribution is -2.33. The highest BCUT2D eigenvalue weighted by Gasteiger charge is 2.19. The summed E-state index contributed by atoms with van der Waals surface area (Å²) in [5, 5.41) is 6.21. The van der Waals surface area contributed by atoms with Gasteiger partial charge in [-0.2, -0.15) is 0 Å². The molecule has 3 rings (SSSR count). The quantitative estimate of drug-likeness (QED) is 0.833. The van der Waals surface area contributed by atoms with Gasteiger partial charge < -0.3 is 10.6 Å². The van der Waals surface area contributed by atoms with E-state index in [0.29, 0.717) is 10.7 Å². The fourth-order valence-corrected chi connectivity index (χ4v) is 3.15. The van der Waals surface area contributed by atoms with E-state index in [0.717, 1.165) is 25.7 Å². The predicted molar refractivity (Wildman–Crippen MR) is 98.4 cm³/mol. The fraction of sp³-hybridized carbons (Fsp3) is 0.278. The van der Waals surface area contributed by atoms with Crippen LogP contribution in [-0.4, -0.2) is 22.8 Å². The number of halogens is 2. The van der Waals surface area contributed by atoms with Crippen molar-refractivity contribution in [3.05, 3.63) is 57.8 Å². The minimum Gasteiger partial charge on any atom is -0.348 e. The Labute approximate surface area is 155 Å². The van der Waals surface area contributed by atoms with Crippen LogP contribution < -0.4 is 10.6 Å². The zero-order chi connectivity index (χ0) is 17.8. The molecule has 1 heterocycles. The number of benzene rings is 1. The fourth-order valence-electron chi connectivity index (χ4n) is 2.80. The third-order valence-electron chi connectivity index (χ3n) is 4.10. The summed E-state index contributed by atoms with van der Waals surface area (Å²) in [6, 6.07) is 9.91. The number of anilines is 1. The number of aromatic nitrogens is 1. The predicted octanol–water partition coefficient (Wildman–Crippen LogP) is 4.31. The third kappa shape index (κ3) is 4.30. The first-order valence-electron chi connectivity index (χ1n) is 8.08. The standard InChI is InChI=1S/C18H17Cl2N3O2/c19-12-7-3-8-13(16(12)20)23-18(25)15-10-4-9-14(22-15)17(24)21-11-5-1-2-6-11/h3-4,7-11H,1-2,5-6H2,(H,21,24)(H,23,25). The number of hydrogen-bond donors (Lipinski definition) is 2. The molecular weight excluding hydrogens is 361 g/mol. The van der Waals surface area contributed by atoms with Gasteiger partial charge in [-0.3, -0.25) is 9.59 Å². The molecule has 1 aliphatic carbocycles. The van der Waals surface area contributed by atoms with Crippen molar-refractivity contribution in [3.8, 4) is 0 Å². The Hall–Kier alpha value is -2.11. The molecule has 1 fully saturated rings. The smallest absolute Gasteiger partial charge is 0.274 e. The van der Waals surface area contributed by atoms with Crippen LogP contribution in [0.15, 0.2) is 36.4 Å². The molecule has 130 valence electrons. The Morgan fingerprint density at radius 3 is 2.32 bits per heavy atom. The lowest BCUT2D eigenvalue weighted by atomic mass is 10.2. The van der Waals surface area contributed by atoms with Crippen molar-refractivity contribution in [3.63, 3.8) is 0 Å². The molecule has 25 heavy (non-hydrogen) atoms. The molecule has 2 aromatic rings. The van der Waals surface area contributed by atoms with Crippen LogP contribution in [-0.2, 0) is 0 Å². The van der Waals surface area contributed by atoms with Crippen molar-refractivity contribution in [1.82, 2.24) is 10.3 Å². The topological polar surface area (TPSA) is 71.1 Å². The van der Waals surface area contributed by atoms with Crippen LogP contribution in [0.3, 0.4) is 0 Å². The van der Waals surface area contributed by atoms with Gasteiger partial charge >= 0.3 is 0 Å². The van der Waals surface area contributed by atoms with Gasteiger partial charge in [0.05, 0.1) is 15.7 Å². The van der Waals surface area contributed by atoms with Crippen molar-refractivity contribution < 1.29 is 9.59 Å². The normalized spacial score (nSPS) is 14.3. The van der Waals surface area contributed by atoms with Gasteiger partial charge in [-0.05, 0) is 37.1 Å². The van der Waals surface area contributed by atoms with Gasteiger partial charge in [0.1, 0.15) is 11.4 Å². The van der Waals surface area contributed by atoms with Crippen molar-refractivity contribution in [2.45, 2.75) is 31.7 Å². The maximum Gasteiger partial charge on any atom is 0.274 e. The Bertz CT molecular complexity index is 805. The molecule has 0 atom stereocenters. The molecule has 0 bridgehead atoms. The molecule has 2 N–H and O–H groups in total. The van der Waals surface area contributed by atoms with Crippen LogP contribution >= 0.6 is 23.2 Å². The number of rotatable bonds is 4. The lowest BCUT2D eigenvalue weighted by Gasteiger charge is -2.12. The molecular formula is C18H17Cl2N3O2. The second kappa shape index (κ2) is 7.85. The maximum atomic E-state index is 12.4. The van der Waals surface area contributed by atoms with E-state index < -0.39 is 5.91 Å². The van der Waals surface area contributed by atoms with Gasteiger partial charge in [-0.25, -0.2) is 4.98 Å². The van der Waals surface area contributed by atoms with E-state index in [2.05, 4.69) is 15.6 Å². The highest BCUT2D eigenvalue weighted by atomic mass is 35.5. The highest BCUT2D eigenvalue weighted by Crippen LogP contribution is 2.29. The van der Waals surface area contributed by atoms with Gasteiger partial charge in [0.2, 0.25) is 0 Å². The number of pyridine rings is 1. The number of nitrogens with one attached hydrogen (secondary N) is 2. The molecule has 5 nitrogen and oxygen atoms in total. The SMILES string of the molecule is O=C(Nc1cccc(Cl)c1Cl)c1cccc(C(=O)NC2CCCC2)n1. The number of carbonyl (C=O) groups excluding carboxylic acids is 2. The molecule has 1 aromatic carbocycles. The van der Waals surface area contributed by atoms with E-state index >= 15 is 0 Å². The molecule has 0 aliphatic heterocycles. The molecule has 0 saturated heterocycles. The van der Waals surface area contributed by atoms with Gasteiger partial charge in [0.15, 0.2) is 0 Å². The number of amides is 2. The number of hydrogen-bond acceptors (Lipinski definition) is 3. The molecule has 0 spiro atoms. The average Bonchev–Trinajstić information content (AvgIpc) is 3.12. The monoisotopic (exact) mass is 377 g/mol. The van der Waals surface area contributed by atoms with Gasteiger partial charge in [-0.1, -0.05) is 48.2 Å². The largest absolute Gasteiger partial charge is 0.348 e. The van der Waals surface area contributed by atoms with Crippen LogP contribution in [0, 0.1) is 0 Å². The third-order valence-corrected chi connectivity index (χ3v) is 4.92. The second-order valence-corrected chi connectivity index (χ2v) is 6.70. The first-order chi connectivity index (χ1) is 12.0. The van der Waals surface area contributed by atoms with E-state index in [1.807, 2.05) is 0 Å². The molecule has 1 saturated carbocycles. The van der Waals surface area contributed by atoms with Crippen LogP contribution in [0.1, 0.15) is 46.7 Å². The summed E-state index contributed by atoms with van der Waals surface area (Å²) in [4.78, 5) is 28.8. The van der Waals surface area contributed by atoms with Crippen molar-refractivity contribution in [2.24, 2.45) is 0 Å². The van der Waals surface area contributed by atoms with Gasteiger partial charge in [0, 0.05) is 6.04 Å². The summed E-state index contributed by atoms with van der Waals surface area (Å²) < 4.78 is 0. The van der Waals surface area contributed by atoms with Crippen molar-refractivity contribution in [2.75, 3.05) is 5.32 Å². The summed E-state index contributed by atoms with van der Waals surface area (Å²) >= 11 is 12.0. The van der Waals surface area contributed by atoms with Gasteiger partial charge in [0.25, 0.3) is 11.8 Å². The summed E-state index contributed by atoms with van der Waals surface area (Å²) in [6.45, 7) is 0. The summed E-state index contributed by atoms with van der Waals surface area (Å²) in [5.74, 6) is -0.720. The first kappa shape index (κ1) is 17.7. The summed E-state index contributed by atoms with van der Waals surface area (Å²) in [5.41, 5.74) is 0.744. The van der Waals surface area contributed by atoms with E-state index in [1.165, 1.54) is 0 Å². The Morgan fingerprint density at radius 2 is 1.60 bits per heavy atom. The molecule has 2 amide bonds. The van der Waals surface area contributed by atoms with E-state index in [9.17, 15) is 9.59 Å². The summed E-state index contributed by atoms with van der Waals surface area (Å²) in [6.07, 6.45) is 4.22. The highest BCUT2D eigenvalue weighted by molar-refractivity contribution is 6.44. The lowest BCUT2D eigenvalue weighted by molar-refractivity contribution is 0.0932. The molecule has 0 unspecified atom stereocenters. The van der Waals surface area contributed by atoms with Crippen LogP contribution in [0.5, 0.6) is 0 Å². The zero-order valence-corrected chi connectivity index (χ0v) is 14.9. The minimum atomic E-state index is -0.459. The van der Waals surface area contributed by atoms with Crippen LogP contribution in [0.2, 0.25) is 10.0 Å². The summed E-state index contributed by atoms with van der Waals surface area (Å²) in [7, 11) is 0. The molecule has 7 heteroatoms. The molecule has 1 aliphatic rings. The number of nitrogens with zero attached hydrogens (tertiary/aromatic N) is 1. The Balaban J connectivity index is 1.72. The Kier molecular flexibility index (Phi) is 5.56.